The van der Waals surface area contributed by atoms with E-state index in [2.05, 4.69) is 17.9 Å². The van der Waals surface area contributed by atoms with Gasteiger partial charge in [0.1, 0.15) is 6.29 Å². The second-order valence-corrected chi connectivity index (χ2v) is 3.73. The first kappa shape index (κ1) is 14.4. The molecule has 0 aliphatic heterocycles. The summed E-state index contributed by atoms with van der Waals surface area (Å²) in [5, 5.41) is 7.19. The van der Waals surface area contributed by atoms with E-state index in [9.17, 15) is 4.79 Å². The van der Waals surface area contributed by atoms with E-state index in [0.717, 1.165) is 23.0 Å². The second kappa shape index (κ2) is 7.66. The Kier molecular flexibility index (Phi) is 5.82. The second-order valence-electron chi connectivity index (χ2n) is 3.73. The van der Waals surface area contributed by atoms with Crippen molar-refractivity contribution < 1.29 is 14.7 Å². The predicted octanol–water partition coefficient (Wildman–Crippen LogP) is 2.72. The first-order valence-electron chi connectivity index (χ1n) is 5.70. The van der Waals surface area contributed by atoms with Crippen molar-refractivity contribution in [3.05, 3.63) is 60.2 Å². The molecule has 0 atom stereocenters. The van der Waals surface area contributed by atoms with Crippen LogP contribution in [0.15, 0.2) is 54.6 Å². The van der Waals surface area contributed by atoms with Crippen molar-refractivity contribution in [1.29, 1.82) is 0 Å². The standard InChI is InChI=1S/C14H12O.CH3NO2/c15-11-10-13-8-4-5-9-14(13)12-6-2-1-3-7-12;2-1(3)4/h1-9,11H,10H2;2H2,(H,3,4). The lowest BCUT2D eigenvalue weighted by molar-refractivity contribution is -0.107. The smallest absolute Gasteiger partial charge is 0.402 e. The van der Waals surface area contributed by atoms with Crippen molar-refractivity contribution in [1.82, 2.24) is 0 Å². The van der Waals surface area contributed by atoms with Crippen LogP contribution in [-0.2, 0) is 11.2 Å². The lowest BCUT2D eigenvalue weighted by Crippen LogP contribution is -2.03. The molecule has 0 unspecified atom stereocenters. The predicted molar refractivity (Wildman–Crippen MR) is 73.9 cm³/mol. The molecule has 2 aromatic rings. The highest BCUT2D eigenvalue weighted by molar-refractivity contribution is 5.71. The van der Waals surface area contributed by atoms with Crippen molar-refractivity contribution in [3.8, 4) is 11.1 Å². The van der Waals surface area contributed by atoms with Gasteiger partial charge < -0.3 is 15.6 Å². The molecule has 3 N–H and O–H groups in total. The maximum absolute atomic E-state index is 10.6. The maximum Gasteiger partial charge on any atom is 0.402 e. The third-order valence-electron chi connectivity index (χ3n) is 2.41. The number of hydrogen-bond acceptors (Lipinski definition) is 2. The summed E-state index contributed by atoms with van der Waals surface area (Å²) in [5.41, 5.74) is 7.42. The average molecular weight is 257 g/mol. The van der Waals surface area contributed by atoms with Crippen molar-refractivity contribution in [2.45, 2.75) is 6.42 Å². The van der Waals surface area contributed by atoms with Gasteiger partial charge in [0.25, 0.3) is 0 Å². The fourth-order valence-electron chi connectivity index (χ4n) is 1.69. The lowest BCUT2D eigenvalue weighted by Gasteiger charge is -2.06. The number of amides is 1. The number of carboxylic acid groups (broad SMARTS) is 1. The average Bonchev–Trinajstić information content (AvgIpc) is 2.40. The van der Waals surface area contributed by atoms with Gasteiger partial charge in [-0.15, -0.1) is 0 Å². The van der Waals surface area contributed by atoms with Crippen LogP contribution in [0, 0.1) is 0 Å². The lowest BCUT2D eigenvalue weighted by atomic mass is 9.98. The molecular formula is C15H15NO3. The summed E-state index contributed by atoms with van der Waals surface area (Å²) >= 11 is 0. The van der Waals surface area contributed by atoms with E-state index in [1.165, 1.54) is 0 Å². The first-order chi connectivity index (χ1) is 9.15. The highest BCUT2D eigenvalue weighted by Gasteiger charge is 2.02. The van der Waals surface area contributed by atoms with Gasteiger partial charge in [0.15, 0.2) is 0 Å². The molecule has 0 aliphatic rings. The fourth-order valence-corrected chi connectivity index (χ4v) is 1.69. The SMILES string of the molecule is NC(=O)O.O=CCc1ccccc1-c1ccccc1. The minimum Gasteiger partial charge on any atom is -0.465 e. The van der Waals surface area contributed by atoms with E-state index in [1.54, 1.807) is 0 Å². The van der Waals surface area contributed by atoms with E-state index < -0.39 is 6.09 Å². The Bertz CT molecular complexity index is 534. The zero-order chi connectivity index (χ0) is 14.1. The molecule has 4 nitrogen and oxygen atoms in total. The molecule has 0 aromatic heterocycles. The van der Waals surface area contributed by atoms with Crippen molar-refractivity contribution in [2.24, 2.45) is 5.73 Å². The summed E-state index contributed by atoms with van der Waals surface area (Å²) in [6.07, 6.45) is 0.0901. The zero-order valence-corrected chi connectivity index (χ0v) is 10.3. The minimum absolute atomic E-state index is 0.477. The molecule has 98 valence electrons. The van der Waals surface area contributed by atoms with Crippen LogP contribution in [0.4, 0.5) is 4.79 Å². The Labute approximate surface area is 111 Å². The quantitative estimate of drug-likeness (QED) is 0.829. The van der Waals surface area contributed by atoms with Gasteiger partial charge in [0.2, 0.25) is 0 Å². The number of nitrogens with two attached hydrogens (primary N) is 1. The van der Waals surface area contributed by atoms with Gasteiger partial charge in [-0.05, 0) is 16.7 Å². The summed E-state index contributed by atoms with van der Waals surface area (Å²) < 4.78 is 0. The molecule has 0 saturated carbocycles. The van der Waals surface area contributed by atoms with E-state index in [0.29, 0.717) is 6.42 Å². The van der Waals surface area contributed by atoms with E-state index in [4.69, 9.17) is 9.90 Å². The Morgan fingerprint density at radius 1 is 1.05 bits per heavy atom. The van der Waals surface area contributed by atoms with Crippen LogP contribution in [-0.4, -0.2) is 17.5 Å². The summed E-state index contributed by atoms with van der Waals surface area (Å²) in [6, 6.07) is 18.1. The monoisotopic (exact) mass is 257 g/mol. The molecule has 19 heavy (non-hydrogen) atoms. The van der Waals surface area contributed by atoms with Crippen LogP contribution in [0.2, 0.25) is 0 Å². The Hall–Kier alpha value is -2.62. The number of primary amides is 1. The Balaban J connectivity index is 0.000000399. The first-order valence-corrected chi connectivity index (χ1v) is 5.70. The molecule has 0 fully saturated rings. The number of benzene rings is 2. The van der Waals surface area contributed by atoms with Crippen LogP contribution in [0.3, 0.4) is 0 Å². The molecule has 2 aromatic carbocycles. The highest BCUT2D eigenvalue weighted by atomic mass is 16.4. The maximum atomic E-state index is 10.6. The van der Waals surface area contributed by atoms with E-state index in [-0.39, 0.29) is 0 Å². The van der Waals surface area contributed by atoms with Crippen LogP contribution in [0.5, 0.6) is 0 Å². The number of carbonyl (C=O) groups is 2. The van der Waals surface area contributed by atoms with Crippen molar-refractivity contribution in [3.63, 3.8) is 0 Å². The largest absolute Gasteiger partial charge is 0.465 e. The van der Waals surface area contributed by atoms with Crippen molar-refractivity contribution >= 4 is 12.4 Å². The van der Waals surface area contributed by atoms with Gasteiger partial charge in [-0.2, -0.15) is 0 Å². The number of carbonyl (C=O) groups excluding carboxylic acids is 1. The molecule has 0 spiro atoms. The summed E-state index contributed by atoms with van der Waals surface area (Å²) in [6.45, 7) is 0. The van der Waals surface area contributed by atoms with Crippen molar-refractivity contribution in [2.75, 3.05) is 0 Å². The molecule has 0 aliphatic carbocycles. The summed E-state index contributed by atoms with van der Waals surface area (Å²) in [5.74, 6) is 0. The third-order valence-corrected chi connectivity index (χ3v) is 2.41. The summed E-state index contributed by atoms with van der Waals surface area (Å²) in [4.78, 5) is 19.3. The molecular weight excluding hydrogens is 242 g/mol. The van der Waals surface area contributed by atoms with Gasteiger partial charge >= 0.3 is 6.09 Å². The van der Waals surface area contributed by atoms with Crippen LogP contribution in [0.25, 0.3) is 11.1 Å². The van der Waals surface area contributed by atoms with Gasteiger partial charge in [0, 0.05) is 6.42 Å². The number of rotatable bonds is 3. The number of aldehydes is 1. The van der Waals surface area contributed by atoms with Gasteiger partial charge in [0.05, 0.1) is 0 Å². The van der Waals surface area contributed by atoms with Gasteiger partial charge in [-0.1, -0.05) is 54.6 Å². The number of hydrogen-bond donors (Lipinski definition) is 2. The Morgan fingerprint density at radius 2 is 1.58 bits per heavy atom. The van der Waals surface area contributed by atoms with Crippen LogP contribution in [0.1, 0.15) is 5.56 Å². The molecule has 1 amide bonds. The Morgan fingerprint density at radius 3 is 2.16 bits per heavy atom. The fraction of sp³-hybridized carbons (Fsp3) is 0.0667. The minimum atomic E-state index is -1.33. The molecule has 0 heterocycles. The third kappa shape index (κ3) is 5.04. The molecule has 0 radical (unpaired) electrons. The highest BCUT2D eigenvalue weighted by Crippen LogP contribution is 2.23. The molecule has 4 heteroatoms. The van der Waals surface area contributed by atoms with Gasteiger partial charge in [-0.3, -0.25) is 0 Å². The summed E-state index contributed by atoms with van der Waals surface area (Å²) in [7, 11) is 0. The van der Waals surface area contributed by atoms with Crippen LogP contribution < -0.4 is 5.73 Å². The van der Waals surface area contributed by atoms with E-state index >= 15 is 0 Å². The molecule has 0 bridgehead atoms. The zero-order valence-electron chi connectivity index (χ0n) is 10.3. The van der Waals surface area contributed by atoms with Crippen LogP contribution >= 0.6 is 0 Å². The molecule has 2 rings (SSSR count). The van der Waals surface area contributed by atoms with E-state index in [1.807, 2.05) is 42.5 Å². The topological polar surface area (TPSA) is 80.4 Å². The normalized spacial score (nSPS) is 9.05. The molecule has 0 saturated heterocycles. The van der Waals surface area contributed by atoms with Gasteiger partial charge in [-0.25, -0.2) is 4.79 Å².